The van der Waals surface area contributed by atoms with Crippen LogP contribution in [0.2, 0.25) is 0 Å². The topological polar surface area (TPSA) is 125 Å². The standard InChI is InChI=1S/C12H12N2O6/c15-6(16)4-12-7(10(17)14-9(12)11(18)19)8-5(20-12)2-1-3-13-8/h1-3,5,7-9H,4H2,(H,14,17)(H,15,16)(H,18,19)/t5-,7+,8+,9-,12+/m0/s1. The van der Waals surface area contributed by atoms with Crippen LogP contribution in [0.4, 0.5) is 0 Å². The molecule has 106 valence electrons. The molecular weight excluding hydrogens is 268 g/mol. The van der Waals surface area contributed by atoms with Crippen LogP contribution in [0.25, 0.3) is 0 Å². The number of allylic oxidation sites excluding steroid dienone is 1. The summed E-state index contributed by atoms with van der Waals surface area (Å²) in [5.41, 5.74) is -1.60. The van der Waals surface area contributed by atoms with Crippen LogP contribution in [0.3, 0.4) is 0 Å². The van der Waals surface area contributed by atoms with Gasteiger partial charge < -0.3 is 20.3 Å². The number of rotatable bonds is 3. The van der Waals surface area contributed by atoms with E-state index in [9.17, 15) is 19.5 Å². The second-order valence-electron chi connectivity index (χ2n) is 5.04. The summed E-state index contributed by atoms with van der Waals surface area (Å²) in [5.74, 6) is -3.97. The predicted octanol–water partition coefficient (Wildman–Crippen LogP) is -1.19. The highest BCUT2D eigenvalue weighted by Crippen LogP contribution is 2.47. The van der Waals surface area contributed by atoms with E-state index in [1.54, 1.807) is 12.2 Å². The monoisotopic (exact) mass is 280 g/mol. The Morgan fingerprint density at radius 1 is 1.45 bits per heavy atom. The fourth-order valence-electron chi connectivity index (χ4n) is 3.25. The highest BCUT2D eigenvalue weighted by atomic mass is 16.5. The number of hydrogen-bond donors (Lipinski definition) is 3. The maximum atomic E-state index is 12.1. The van der Waals surface area contributed by atoms with Crippen molar-refractivity contribution in [3.63, 3.8) is 0 Å². The summed E-state index contributed by atoms with van der Waals surface area (Å²) in [6.07, 6.45) is 3.65. The lowest BCUT2D eigenvalue weighted by Crippen LogP contribution is -2.52. The lowest BCUT2D eigenvalue weighted by Gasteiger charge is -2.29. The molecule has 1 amide bonds. The first-order chi connectivity index (χ1) is 9.45. The molecule has 0 saturated carbocycles. The minimum absolute atomic E-state index is 0.529. The van der Waals surface area contributed by atoms with Crippen LogP contribution in [-0.4, -0.2) is 58.1 Å². The van der Waals surface area contributed by atoms with Crippen molar-refractivity contribution >= 4 is 24.1 Å². The van der Waals surface area contributed by atoms with Gasteiger partial charge in [-0.25, -0.2) is 4.79 Å². The molecule has 0 radical (unpaired) electrons. The molecule has 3 N–H and O–H groups in total. The van der Waals surface area contributed by atoms with Gasteiger partial charge in [0, 0.05) is 6.21 Å². The van der Waals surface area contributed by atoms with Crippen molar-refractivity contribution in [2.45, 2.75) is 30.2 Å². The number of nitrogens with zero attached hydrogens (tertiary/aromatic N) is 1. The van der Waals surface area contributed by atoms with E-state index in [4.69, 9.17) is 9.84 Å². The van der Waals surface area contributed by atoms with Gasteiger partial charge in [0.25, 0.3) is 0 Å². The molecule has 3 aliphatic heterocycles. The Morgan fingerprint density at radius 2 is 2.20 bits per heavy atom. The molecule has 3 heterocycles. The third-order valence-electron chi connectivity index (χ3n) is 3.94. The van der Waals surface area contributed by atoms with E-state index in [0.717, 1.165) is 0 Å². The summed E-state index contributed by atoms with van der Waals surface area (Å²) in [4.78, 5) is 38.7. The summed E-state index contributed by atoms with van der Waals surface area (Å²) in [7, 11) is 0. The molecule has 3 rings (SSSR count). The average Bonchev–Trinajstić information content (AvgIpc) is 2.81. The minimum Gasteiger partial charge on any atom is -0.481 e. The van der Waals surface area contributed by atoms with E-state index >= 15 is 0 Å². The Kier molecular flexibility index (Phi) is 2.65. The van der Waals surface area contributed by atoms with Crippen LogP contribution in [0.15, 0.2) is 17.1 Å². The molecule has 8 heteroatoms. The van der Waals surface area contributed by atoms with Gasteiger partial charge in [0.05, 0.1) is 18.4 Å². The minimum atomic E-state index is -1.60. The molecule has 0 aromatic carbocycles. The molecule has 0 aromatic heterocycles. The van der Waals surface area contributed by atoms with Gasteiger partial charge in [-0.2, -0.15) is 0 Å². The zero-order valence-electron chi connectivity index (χ0n) is 10.2. The number of carboxylic acid groups (broad SMARTS) is 2. The van der Waals surface area contributed by atoms with E-state index < -0.39 is 54.0 Å². The first-order valence-corrected chi connectivity index (χ1v) is 6.08. The molecule has 8 nitrogen and oxygen atoms in total. The Hall–Kier alpha value is -2.22. The average molecular weight is 280 g/mol. The Morgan fingerprint density at radius 3 is 2.85 bits per heavy atom. The molecule has 3 aliphatic rings. The van der Waals surface area contributed by atoms with E-state index in [1.165, 1.54) is 6.21 Å². The third-order valence-corrected chi connectivity index (χ3v) is 3.94. The summed E-state index contributed by atoms with van der Waals surface area (Å²) >= 11 is 0. The van der Waals surface area contributed by atoms with Crippen LogP contribution in [0, 0.1) is 5.92 Å². The van der Waals surface area contributed by atoms with Gasteiger partial charge in [-0.1, -0.05) is 6.08 Å². The molecule has 0 bridgehead atoms. The largest absolute Gasteiger partial charge is 0.481 e. The lowest BCUT2D eigenvalue weighted by atomic mass is 9.79. The van der Waals surface area contributed by atoms with Crippen LogP contribution < -0.4 is 5.32 Å². The van der Waals surface area contributed by atoms with Gasteiger partial charge in [0.15, 0.2) is 6.04 Å². The fraction of sp³-hybridized carbons (Fsp3) is 0.500. The summed E-state index contributed by atoms with van der Waals surface area (Å²) < 4.78 is 5.69. The number of hydrogen-bond acceptors (Lipinski definition) is 5. The smallest absolute Gasteiger partial charge is 0.329 e. The van der Waals surface area contributed by atoms with Crippen LogP contribution >= 0.6 is 0 Å². The number of aliphatic carboxylic acids is 2. The van der Waals surface area contributed by atoms with E-state index in [1.807, 2.05) is 0 Å². The van der Waals surface area contributed by atoms with Crippen molar-refractivity contribution in [1.82, 2.24) is 5.32 Å². The van der Waals surface area contributed by atoms with E-state index in [-0.39, 0.29) is 0 Å². The second-order valence-corrected chi connectivity index (χ2v) is 5.04. The number of nitrogens with one attached hydrogen (secondary N) is 1. The molecule has 0 unspecified atom stereocenters. The maximum Gasteiger partial charge on any atom is 0.329 e. The number of amides is 1. The Labute approximate surface area is 113 Å². The van der Waals surface area contributed by atoms with Crippen LogP contribution in [0.5, 0.6) is 0 Å². The van der Waals surface area contributed by atoms with Gasteiger partial charge in [0.2, 0.25) is 5.91 Å². The van der Waals surface area contributed by atoms with E-state index in [0.29, 0.717) is 0 Å². The van der Waals surface area contributed by atoms with Crippen molar-refractivity contribution in [2.75, 3.05) is 0 Å². The lowest BCUT2D eigenvalue weighted by molar-refractivity contribution is -0.155. The Bertz CT molecular complexity index is 556. The summed E-state index contributed by atoms with van der Waals surface area (Å²) in [6.45, 7) is 0. The fourth-order valence-corrected chi connectivity index (χ4v) is 3.25. The maximum absolute atomic E-state index is 12.1. The first kappa shape index (κ1) is 12.8. The zero-order chi connectivity index (χ0) is 14.5. The van der Waals surface area contributed by atoms with Gasteiger partial charge in [-0.05, 0) is 6.08 Å². The number of carbonyl (C=O) groups excluding carboxylic acids is 1. The summed E-state index contributed by atoms with van der Waals surface area (Å²) in [5, 5.41) is 20.6. The number of dihydropyridines is 1. The third kappa shape index (κ3) is 1.58. The predicted molar refractivity (Wildman–Crippen MR) is 64.3 cm³/mol. The van der Waals surface area contributed by atoms with Crippen molar-refractivity contribution in [2.24, 2.45) is 10.9 Å². The van der Waals surface area contributed by atoms with Crippen LogP contribution in [0.1, 0.15) is 6.42 Å². The van der Waals surface area contributed by atoms with Gasteiger partial charge in [-0.3, -0.25) is 14.6 Å². The van der Waals surface area contributed by atoms with Crippen molar-refractivity contribution in [1.29, 1.82) is 0 Å². The van der Waals surface area contributed by atoms with Crippen molar-refractivity contribution in [3.8, 4) is 0 Å². The highest BCUT2D eigenvalue weighted by molar-refractivity contribution is 5.94. The number of carbonyl (C=O) groups is 3. The molecule has 2 fully saturated rings. The number of aliphatic imine (C=N–C) groups is 1. The second kappa shape index (κ2) is 4.14. The quantitative estimate of drug-likeness (QED) is 0.596. The normalized spacial score (nSPS) is 41.1. The molecular formula is C12H12N2O6. The molecule has 20 heavy (non-hydrogen) atoms. The van der Waals surface area contributed by atoms with Gasteiger partial charge in [0.1, 0.15) is 11.7 Å². The SMILES string of the molecule is O=C(O)C[C@@]12O[C@H]3C=CC=N[C@H]3[C@@H]1C(=O)N[C@H]2C(=O)O. The molecule has 0 aliphatic carbocycles. The van der Waals surface area contributed by atoms with Crippen LogP contribution in [-0.2, 0) is 19.1 Å². The van der Waals surface area contributed by atoms with Gasteiger partial charge in [-0.15, -0.1) is 0 Å². The molecule has 5 atom stereocenters. The van der Waals surface area contributed by atoms with Crippen molar-refractivity contribution < 1.29 is 29.3 Å². The number of ether oxygens (including phenoxy) is 1. The van der Waals surface area contributed by atoms with Crippen molar-refractivity contribution in [3.05, 3.63) is 12.2 Å². The van der Waals surface area contributed by atoms with E-state index in [2.05, 4.69) is 10.3 Å². The molecule has 0 aromatic rings. The zero-order valence-corrected chi connectivity index (χ0v) is 10.2. The first-order valence-electron chi connectivity index (χ1n) is 6.08. The highest BCUT2D eigenvalue weighted by Gasteiger charge is 2.68. The van der Waals surface area contributed by atoms with Gasteiger partial charge >= 0.3 is 11.9 Å². The number of carboxylic acids is 2. The molecule has 2 saturated heterocycles. The number of fused-ring (bicyclic) bond motifs is 3. The Balaban J connectivity index is 2.07. The molecule has 0 spiro atoms. The summed E-state index contributed by atoms with van der Waals surface area (Å²) in [6, 6.07) is -1.96.